The first-order valence-corrected chi connectivity index (χ1v) is 6.92. The van der Waals surface area contributed by atoms with E-state index >= 15 is 0 Å². The maximum absolute atomic E-state index is 10.9. The van der Waals surface area contributed by atoms with Crippen molar-refractivity contribution in [2.24, 2.45) is 0 Å². The number of carboxylic acids is 1. The van der Waals surface area contributed by atoms with E-state index in [-0.39, 0.29) is 11.5 Å². The zero-order chi connectivity index (χ0) is 14.9. The Morgan fingerprint density at radius 2 is 2.05 bits per heavy atom. The van der Waals surface area contributed by atoms with Crippen LogP contribution in [-0.2, 0) is 0 Å². The Morgan fingerprint density at radius 3 is 2.65 bits per heavy atom. The van der Waals surface area contributed by atoms with Gasteiger partial charge in [0.05, 0.1) is 27.0 Å². The summed E-state index contributed by atoms with van der Waals surface area (Å²) in [5, 5.41) is 12.5. The predicted octanol–water partition coefficient (Wildman–Crippen LogP) is 4.30. The van der Waals surface area contributed by atoms with Gasteiger partial charge in [-0.25, -0.2) is 14.8 Å². The summed E-state index contributed by atoms with van der Waals surface area (Å²) in [6, 6.07) is 3.44. The Hall–Kier alpha value is -1.37. The highest BCUT2D eigenvalue weighted by atomic mass is 79.9. The first-order chi connectivity index (χ1) is 9.40. The molecule has 104 valence electrons. The summed E-state index contributed by atoms with van der Waals surface area (Å²) in [4.78, 5) is 18.9. The molecule has 0 bridgehead atoms. The lowest BCUT2D eigenvalue weighted by molar-refractivity contribution is 0.0695. The van der Waals surface area contributed by atoms with Gasteiger partial charge >= 0.3 is 5.97 Å². The van der Waals surface area contributed by atoms with Gasteiger partial charge in [-0.2, -0.15) is 0 Å². The number of aromatic carboxylic acids is 1. The lowest BCUT2D eigenvalue weighted by Gasteiger charge is -2.10. The third-order valence-corrected chi connectivity index (χ3v) is 4.26. The van der Waals surface area contributed by atoms with E-state index in [9.17, 15) is 4.79 Å². The molecule has 0 spiro atoms. The highest BCUT2D eigenvalue weighted by molar-refractivity contribution is 9.10. The van der Waals surface area contributed by atoms with E-state index in [4.69, 9.17) is 28.3 Å². The fourth-order valence-electron chi connectivity index (χ4n) is 1.48. The van der Waals surface area contributed by atoms with Gasteiger partial charge in [-0.1, -0.05) is 23.2 Å². The molecule has 8 heteroatoms. The minimum Gasteiger partial charge on any atom is -0.478 e. The van der Waals surface area contributed by atoms with Crippen LogP contribution in [0, 0.1) is 6.92 Å². The number of aryl methyl sites for hydroxylation is 1. The van der Waals surface area contributed by atoms with Gasteiger partial charge in [0.1, 0.15) is 0 Å². The summed E-state index contributed by atoms with van der Waals surface area (Å²) in [6.07, 6.45) is 1.24. The molecule has 5 nitrogen and oxygen atoms in total. The fourth-order valence-corrected chi connectivity index (χ4v) is 2.30. The topological polar surface area (TPSA) is 75.1 Å². The lowest BCUT2D eigenvalue weighted by atomic mass is 10.2. The number of hydrogen-bond acceptors (Lipinski definition) is 4. The maximum Gasteiger partial charge on any atom is 0.339 e. The van der Waals surface area contributed by atoms with Crippen molar-refractivity contribution >= 4 is 56.7 Å². The van der Waals surface area contributed by atoms with Crippen LogP contribution < -0.4 is 5.32 Å². The Kier molecular flexibility index (Phi) is 4.47. The Labute approximate surface area is 133 Å². The lowest BCUT2D eigenvalue weighted by Crippen LogP contribution is -2.06. The molecule has 0 saturated carbocycles. The van der Waals surface area contributed by atoms with Crippen LogP contribution in [0.4, 0.5) is 11.6 Å². The van der Waals surface area contributed by atoms with Gasteiger partial charge in [0.2, 0.25) is 5.95 Å². The SMILES string of the molecule is Cc1nc(Nc2ccc(Br)c(Cl)c2Cl)ncc1C(=O)O. The van der Waals surface area contributed by atoms with Crippen LogP contribution in [0.1, 0.15) is 16.1 Å². The summed E-state index contributed by atoms with van der Waals surface area (Å²) < 4.78 is 0.674. The standard InChI is InChI=1S/C12H8BrCl2N3O2/c1-5-6(11(19)20)4-16-12(17-5)18-8-3-2-7(13)9(14)10(8)15/h2-4H,1H3,(H,19,20)(H,16,17,18). The van der Waals surface area contributed by atoms with Crippen LogP contribution >= 0.6 is 39.1 Å². The number of nitrogens with zero attached hydrogens (tertiary/aromatic N) is 2. The second-order valence-corrected chi connectivity index (χ2v) is 5.46. The van der Waals surface area contributed by atoms with Crippen LogP contribution in [0.3, 0.4) is 0 Å². The highest BCUT2D eigenvalue weighted by Crippen LogP contribution is 2.36. The quantitative estimate of drug-likeness (QED) is 0.781. The molecular formula is C12H8BrCl2N3O2. The zero-order valence-electron chi connectivity index (χ0n) is 10.1. The van der Waals surface area contributed by atoms with E-state index in [1.165, 1.54) is 6.20 Å². The smallest absolute Gasteiger partial charge is 0.339 e. The Bertz CT molecular complexity index is 695. The molecule has 0 saturated heterocycles. The number of benzene rings is 1. The summed E-state index contributed by atoms with van der Waals surface area (Å²) in [7, 11) is 0. The van der Waals surface area contributed by atoms with E-state index in [1.807, 2.05) is 0 Å². The van der Waals surface area contributed by atoms with E-state index < -0.39 is 5.97 Å². The number of hydrogen-bond donors (Lipinski definition) is 2. The molecule has 1 aromatic heterocycles. The number of rotatable bonds is 3. The molecule has 0 amide bonds. The molecule has 2 aromatic rings. The molecule has 1 aromatic carbocycles. The zero-order valence-corrected chi connectivity index (χ0v) is 13.2. The van der Waals surface area contributed by atoms with Gasteiger partial charge < -0.3 is 10.4 Å². The molecule has 1 heterocycles. The first-order valence-electron chi connectivity index (χ1n) is 5.37. The average molecular weight is 377 g/mol. The molecular weight excluding hydrogens is 369 g/mol. The van der Waals surface area contributed by atoms with Crippen molar-refractivity contribution in [2.75, 3.05) is 5.32 Å². The number of halogens is 3. The van der Waals surface area contributed by atoms with Crippen molar-refractivity contribution in [3.8, 4) is 0 Å². The second kappa shape index (κ2) is 5.95. The van der Waals surface area contributed by atoms with E-state index in [0.717, 1.165) is 0 Å². The van der Waals surface area contributed by atoms with E-state index in [2.05, 4.69) is 31.2 Å². The summed E-state index contributed by atoms with van der Waals surface area (Å²) in [6.45, 7) is 1.59. The van der Waals surface area contributed by atoms with Crippen LogP contribution in [0.15, 0.2) is 22.8 Å². The van der Waals surface area contributed by atoms with E-state index in [0.29, 0.717) is 25.9 Å². The van der Waals surface area contributed by atoms with Gasteiger partial charge in [0, 0.05) is 10.7 Å². The Morgan fingerprint density at radius 1 is 1.35 bits per heavy atom. The van der Waals surface area contributed by atoms with Gasteiger partial charge in [0.25, 0.3) is 0 Å². The molecule has 2 N–H and O–H groups in total. The van der Waals surface area contributed by atoms with Crippen molar-refractivity contribution < 1.29 is 9.90 Å². The third kappa shape index (κ3) is 3.03. The number of anilines is 2. The van der Waals surface area contributed by atoms with E-state index in [1.54, 1.807) is 19.1 Å². The summed E-state index contributed by atoms with van der Waals surface area (Å²) in [5.41, 5.74) is 0.937. The number of carbonyl (C=O) groups is 1. The highest BCUT2D eigenvalue weighted by Gasteiger charge is 2.12. The van der Waals surface area contributed by atoms with Crippen LogP contribution in [0.25, 0.3) is 0 Å². The van der Waals surface area contributed by atoms with Crippen molar-refractivity contribution in [1.82, 2.24) is 9.97 Å². The van der Waals surface area contributed by atoms with Crippen LogP contribution in [-0.4, -0.2) is 21.0 Å². The fraction of sp³-hybridized carbons (Fsp3) is 0.0833. The monoisotopic (exact) mass is 375 g/mol. The van der Waals surface area contributed by atoms with Crippen molar-refractivity contribution in [3.05, 3.63) is 44.1 Å². The van der Waals surface area contributed by atoms with Gasteiger partial charge in [-0.05, 0) is 35.0 Å². The molecule has 0 aliphatic carbocycles. The summed E-state index contributed by atoms with van der Waals surface area (Å²) >= 11 is 15.4. The van der Waals surface area contributed by atoms with Gasteiger partial charge in [-0.3, -0.25) is 0 Å². The molecule has 20 heavy (non-hydrogen) atoms. The number of carboxylic acid groups (broad SMARTS) is 1. The molecule has 0 aliphatic heterocycles. The van der Waals surface area contributed by atoms with Crippen molar-refractivity contribution in [3.63, 3.8) is 0 Å². The molecule has 2 rings (SSSR count). The van der Waals surface area contributed by atoms with Crippen LogP contribution in [0.5, 0.6) is 0 Å². The van der Waals surface area contributed by atoms with Gasteiger partial charge in [-0.15, -0.1) is 0 Å². The molecule has 0 fully saturated rings. The van der Waals surface area contributed by atoms with Gasteiger partial charge in [0.15, 0.2) is 0 Å². The predicted molar refractivity (Wildman–Crippen MR) is 81.2 cm³/mol. The Balaban J connectivity index is 2.34. The third-order valence-electron chi connectivity index (χ3n) is 2.49. The van der Waals surface area contributed by atoms with Crippen molar-refractivity contribution in [1.29, 1.82) is 0 Å². The molecule has 0 radical (unpaired) electrons. The molecule has 0 unspecified atom stereocenters. The first kappa shape index (κ1) is 15.0. The number of aromatic nitrogens is 2. The molecule has 0 atom stereocenters. The number of nitrogens with one attached hydrogen (secondary N) is 1. The minimum absolute atomic E-state index is 0.0514. The summed E-state index contributed by atoms with van der Waals surface area (Å²) in [5.74, 6) is -0.827. The molecule has 0 aliphatic rings. The normalized spacial score (nSPS) is 10.4. The van der Waals surface area contributed by atoms with Crippen molar-refractivity contribution in [2.45, 2.75) is 6.92 Å². The average Bonchev–Trinajstić information content (AvgIpc) is 2.39. The maximum atomic E-state index is 10.9. The van der Waals surface area contributed by atoms with Crippen LogP contribution in [0.2, 0.25) is 10.0 Å². The largest absolute Gasteiger partial charge is 0.478 e. The second-order valence-electron chi connectivity index (χ2n) is 3.85. The minimum atomic E-state index is -1.07.